The molecule has 29 heavy (non-hydrogen) atoms. The highest BCUT2D eigenvalue weighted by atomic mass is 16.3. The first-order valence-corrected chi connectivity index (χ1v) is 11.3. The zero-order chi connectivity index (χ0) is 20.2. The number of phenolic OH excluding ortho intramolecular Hbond substituents is 1. The zero-order valence-electron chi connectivity index (χ0n) is 17.9. The van der Waals surface area contributed by atoms with Gasteiger partial charge in [0.1, 0.15) is 5.75 Å². The van der Waals surface area contributed by atoms with Crippen LogP contribution in [-0.4, -0.2) is 59.8 Å². The molecule has 1 heterocycles. The first-order chi connectivity index (χ1) is 14.2. The molecule has 2 aromatic rings. The number of aromatic hydroxyl groups is 1. The van der Waals surface area contributed by atoms with E-state index in [-0.39, 0.29) is 0 Å². The monoisotopic (exact) mass is 393 g/mol. The predicted molar refractivity (Wildman–Crippen MR) is 121 cm³/mol. The van der Waals surface area contributed by atoms with Crippen LogP contribution in [0.15, 0.2) is 48.5 Å². The highest BCUT2D eigenvalue weighted by Crippen LogP contribution is 2.29. The summed E-state index contributed by atoms with van der Waals surface area (Å²) in [6.07, 6.45) is 5.02. The molecule has 4 rings (SSSR count). The van der Waals surface area contributed by atoms with Gasteiger partial charge in [0.05, 0.1) is 6.17 Å². The third-order valence-corrected chi connectivity index (χ3v) is 6.79. The van der Waals surface area contributed by atoms with Gasteiger partial charge >= 0.3 is 0 Å². The lowest BCUT2D eigenvalue weighted by Crippen LogP contribution is -2.57. The van der Waals surface area contributed by atoms with E-state index in [4.69, 9.17) is 0 Å². The number of phenols is 1. The standard InChI is InChI=1S/C25H35N3O/c1-3-13-28(24-11-9-21-10-12-25(29)19-22(21)18-24)20(2)26-14-16-27(17-15-26)23-7-5-4-6-8-23/h4-8,10,12,19-20,24,29H,3,9,11,13-18H2,1-2H3. The lowest BCUT2D eigenvalue weighted by Gasteiger charge is -2.46. The molecule has 0 radical (unpaired) electrons. The van der Waals surface area contributed by atoms with Crippen molar-refractivity contribution in [3.05, 3.63) is 59.7 Å². The molecule has 4 nitrogen and oxygen atoms in total. The van der Waals surface area contributed by atoms with Gasteiger partial charge in [-0.25, -0.2) is 0 Å². The summed E-state index contributed by atoms with van der Waals surface area (Å²) in [6.45, 7) is 10.2. The first-order valence-electron chi connectivity index (χ1n) is 11.3. The van der Waals surface area contributed by atoms with Gasteiger partial charge in [-0.3, -0.25) is 9.80 Å². The van der Waals surface area contributed by atoms with Gasteiger partial charge in [0.2, 0.25) is 0 Å². The Labute approximate surface area is 175 Å². The van der Waals surface area contributed by atoms with Crippen LogP contribution in [0.5, 0.6) is 5.75 Å². The van der Waals surface area contributed by atoms with Crippen LogP contribution in [0, 0.1) is 0 Å². The molecule has 156 valence electrons. The van der Waals surface area contributed by atoms with E-state index in [1.807, 2.05) is 12.1 Å². The van der Waals surface area contributed by atoms with E-state index < -0.39 is 0 Å². The molecule has 2 atom stereocenters. The van der Waals surface area contributed by atoms with Crippen LogP contribution in [0.1, 0.15) is 37.8 Å². The van der Waals surface area contributed by atoms with E-state index in [1.165, 1.54) is 29.7 Å². The topological polar surface area (TPSA) is 30.0 Å². The van der Waals surface area contributed by atoms with E-state index in [2.05, 4.69) is 64.9 Å². The predicted octanol–water partition coefficient (Wildman–Crippen LogP) is 4.13. The minimum absolute atomic E-state index is 0.400. The van der Waals surface area contributed by atoms with Crippen LogP contribution in [0.3, 0.4) is 0 Å². The van der Waals surface area contributed by atoms with Crippen molar-refractivity contribution in [3.63, 3.8) is 0 Å². The van der Waals surface area contributed by atoms with E-state index in [1.54, 1.807) is 0 Å². The third-order valence-electron chi connectivity index (χ3n) is 6.79. The second-order valence-corrected chi connectivity index (χ2v) is 8.58. The normalized spacial score (nSPS) is 21.2. The Bertz CT molecular complexity index is 786. The maximum absolute atomic E-state index is 9.92. The molecule has 1 saturated heterocycles. The van der Waals surface area contributed by atoms with Crippen molar-refractivity contribution < 1.29 is 5.11 Å². The minimum atomic E-state index is 0.400. The molecule has 1 fully saturated rings. The molecule has 1 N–H and O–H groups in total. The molecule has 0 aromatic heterocycles. The summed E-state index contributed by atoms with van der Waals surface area (Å²) in [5, 5.41) is 9.92. The molecule has 1 aliphatic heterocycles. The van der Waals surface area contributed by atoms with Gasteiger partial charge in [-0.2, -0.15) is 0 Å². The molecular formula is C25H35N3O. The van der Waals surface area contributed by atoms with Crippen LogP contribution in [0.2, 0.25) is 0 Å². The maximum atomic E-state index is 9.92. The van der Waals surface area contributed by atoms with E-state index in [0.29, 0.717) is 18.0 Å². The molecule has 0 bridgehead atoms. The zero-order valence-corrected chi connectivity index (χ0v) is 17.9. The van der Waals surface area contributed by atoms with Gasteiger partial charge in [0, 0.05) is 37.9 Å². The van der Waals surface area contributed by atoms with Crippen molar-refractivity contribution in [3.8, 4) is 5.75 Å². The number of benzene rings is 2. The van der Waals surface area contributed by atoms with Gasteiger partial charge in [-0.05, 0) is 74.5 Å². The highest BCUT2D eigenvalue weighted by Gasteiger charge is 2.31. The number of anilines is 1. The molecule has 0 spiro atoms. The summed E-state index contributed by atoms with van der Waals surface area (Å²) >= 11 is 0. The number of hydrogen-bond donors (Lipinski definition) is 1. The Hall–Kier alpha value is -2.04. The quantitative estimate of drug-likeness (QED) is 0.799. The molecule has 2 aliphatic rings. The maximum Gasteiger partial charge on any atom is 0.115 e. The summed E-state index contributed by atoms with van der Waals surface area (Å²) in [4.78, 5) is 7.89. The van der Waals surface area contributed by atoms with Crippen LogP contribution < -0.4 is 4.90 Å². The molecule has 0 saturated carbocycles. The fourth-order valence-corrected chi connectivity index (χ4v) is 5.14. The number of piperazine rings is 1. The number of rotatable bonds is 6. The van der Waals surface area contributed by atoms with Crippen LogP contribution in [0.25, 0.3) is 0 Å². The first kappa shape index (κ1) is 20.2. The average molecular weight is 394 g/mol. The van der Waals surface area contributed by atoms with Crippen LogP contribution in [-0.2, 0) is 12.8 Å². The van der Waals surface area contributed by atoms with Crippen molar-refractivity contribution >= 4 is 5.69 Å². The Balaban J connectivity index is 1.41. The van der Waals surface area contributed by atoms with E-state index in [0.717, 1.165) is 45.6 Å². The number of aryl methyl sites for hydroxylation is 1. The second kappa shape index (κ2) is 9.19. The van der Waals surface area contributed by atoms with E-state index >= 15 is 0 Å². The van der Waals surface area contributed by atoms with Gasteiger partial charge in [0.25, 0.3) is 0 Å². The smallest absolute Gasteiger partial charge is 0.115 e. The van der Waals surface area contributed by atoms with E-state index in [9.17, 15) is 5.11 Å². The lowest BCUT2D eigenvalue weighted by molar-refractivity contribution is 0.0148. The molecule has 4 heteroatoms. The average Bonchev–Trinajstić information content (AvgIpc) is 2.77. The fourth-order valence-electron chi connectivity index (χ4n) is 5.14. The highest BCUT2D eigenvalue weighted by molar-refractivity contribution is 5.46. The van der Waals surface area contributed by atoms with Gasteiger partial charge < -0.3 is 10.0 Å². The minimum Gasteiger partial charge on any atom is -0.508 e. The number of nitrogens with zero attached hydrogens (tertiary/aromatic N) is 3. The fraction of sp³-hybridized carbons (Fsp3) is 0.520. The molecule has 0 amide bonds. The second-order valence-electron chi connectivity index (χ2n) is 8.58. The Kier molecular flexibility index (Phi) is 6.41. The number of hydrogen-bond acceptors (Lipinski definition) is 4. The van der Waals surface area contributed by atoms with Gasteiger partial charge in [-0.1, -0.05) is 31.2 Å². The number of fused-ring (bicyclic) bond motifs is 1. The number of para-hydroxylation sites is 1. The van der Waals surface area contributed by atoms with Crippen molar-refractivity contribution in [2.24, 2.45) is 0 Å². The van der Waals surface area contributed by atoms with Crippen molar-refractivity contribution in [2.75, 3.05) is 37.6 Å². The van der Waals surface area contributed by atoms with Gasteiger partial charge in [-0.15, -0.1) is 0 Å². The molecule has 2 aromatic carbocycles. The Morgan fingerprint density at radius 1 is 1.03 bits per heavy atom. The van der Waals surface area contributed by atoms with Crippen LogP contribution in [0.4, 0.5) is 5.69 Å². The van der Waals surface area contributed by atoms with Crippen molar-refractivity contribution in [1.82, 2.24) is 9.80 Å². The summed E-state index contributed by atoms with van der Waals surface area (Å²) in [7, 11) is 0. The van der Waals surface area contributed by atoms with Crippen molar-refractivity contribution in [2.45, 2.75) is 51.7 Å². The molecule has 1 aliphatic carbocycles. The molecular weight excluding hydrogens is 358 g/mol. The summed E-state index contributed by atoms with van der Waals surface area (Å²) in [5.74, 6) is 0.400. The van der Waals surface area contributed by atoms with Crippen molar-refractivity contribution in [1.29, 1.82) is 0 Å². The summed E-state index contributed by atoms with van der Waals surface area (Å²) < 4.78 is 0. The van der Waals surface area contributed by atoms with Gasteiger partial charge in [0.15, 0.2) is 0 Å². The summed E-state index contributed by atoms with van der Waals surface area (Å²) in [6, 6.07) is 17.3. The third kappa shape index (κ3) is 4.59. The Morgan fingerprint density at radius 2 is 1.79 bits per heavy atom. The largest absolute Gasteiger partial charge is 0.508 e. The molecule has 2 unspecified atom stereocenters. The SMILES string of the molecule is CCCN(C1CCc2ccc(O)cc2C1)C(C)N1CCN(c2ccccc2)CC1. The van der Waals surface area contributed by atoms with Crippen LogP contribution >= 0.6 is 0 Å². The Morgan fingerprint density at radius 3 is 2.52 bits per heavy atom. The summed E-state index contributed by atoms with van der Waals surface area (Å²) in [5.41, 5.74) is 4.09. The lowest BCUT2D eigenvalue weighted by atomic mass is 9.87.